The highest BCUT2D eigenvalue weighted by Crippen LogP contribution is 2.04. The van der Waals surface area contributed by atoms with E-state index in [1.165, 1.54) is 0 Å². The summed E-state index contributed by atoms with van der Waals surface area (Å²) in [6.07, 6.45) is 0.996. The van der Waals surface area contributed by atoms with Crippen molar-refractivity contribution in [1.82, 2.24) is 16.0 Å². The van der Waals surface area contributed by atoms with Crippen LogP contribution in [0.1, 0.15) is 46.0 Å². The molecule has 3 atom stereocenters. The number of carboxylic acids is 2. The molecule has 0 aromatic rings. The average molecular weight is 431 g/mol. The summed E-state index contributed by atoms with van der Waals surface area (Å²) >= 11 is 0. The molecule has 0 aliphatic rings. The molecule has 0 heterocycles. The predicted octanol–water partition coefficient (Wildman–Crippen LogP) is -1.87. The summed E-state index contributed by atoms with van der Waals surface area (Å²) in [7, 11) is 0. The van der Waals surface area contributed by atoms with Crippen LogP contribution in [0.2, 0.25) is 0 Å². The van der Waals surface area contributed by atoms with Crippen LogP contribution in [0.4, 0.5) is 0 Å². The Morgan fingerprint density at radius 2 is 1.57 bits per heavy atom. The van der Waals surface area contributed by atoms with E-state index in [1.807, 2.05) is 0 Å². The zero-order valence-corrected chi connectivity index (χ0v) is 17.3. The van der Waals surface area contributed by atoms with Crippen LogP contribution in [0.3, 0.4) is 0 Å². The Labute approximate surface area is 175 Å². The summed E-state index contributed by atoms with van der Waals surface area (Å²) in [6.45, 7) is 3.29. The van der Waals surface area contributed by atoms with Crippen LogP contribution in [-0.4, -0.2) is 71.1 Å². The van der Waals surface area contributed by atoms with Gasteiger partial charge in [-0.3, -0.25) is 19.2 Å². The van der Waals surface area contributed by atoms with E-state index >= 15 is 0 Å². The summed E-state index contributed by atoms with van der Waals surface area (Å²) < 4.78 is 0. The van der Waals surface area contributed by atoms with Gasteiger partial charge in [-0.1, -0.05) is 13.8 Å². The number of unbranched alkanes of at least 4 members (excludes halogenated alkanes) is 1. The molecule has 0 unspecified atom stereocenters. The third kappa shape index (κ3) is 11.3. The van der Waals surface area contributed by atoms with Gasteiger partial charge in [0, 0.05) is 6.42 Å². The molecule has 0 aromatic heterocycles. The number of carbonyl (C=O) groups excluding carboxylic acids is 3. The van der Waals surface area contributed by atoms with Gasteiger partial charge in [-0.25, -0.2) is 4.79 Å². The van der Waals surface area contributed by atoms with Crippen molar-refractivity contribution in [3.05, 3.63) is 0 Å². The summed E-state index contributed by atoms with van der Waals surface area (Å²) in [4.78, 5) is 58.2. The fourth-order valence-electron chi connectivity index (χ4n) is 2.48. The topological polar surface area (TPSA) is 214 Å². The minimum Gasteiger partial charge on any atom is -0.481 e. The van der Waals surface area contributed by atoms with E-state index in [0.717, 1.165) is 0 Å². The lowest BCUT2D eigenvalue weighted by atomic mass is 10.0. The second-order valence-corrected chi connectivity index (χ2v) is 7.23. The minimum atomic E-state index is -1.19. The first-order valence-electron chi connectivity index (χ1n) is 9.77. The number of hydrogen-bond donors (Lipinski definition) is 7. The van der Waals surface area contributed by atoms with Gasteiger partial charge in [-0.2, -0.15) is 0 Å². The van der Waals surface area contributed by atoms with Crippen LogP contribution >= 0.6 is 0 Å². The molecule has 0 aliphatic carbocycles. The van der Waals surface area contributed by atoms with E-state index in [2.05, 4.69) is 16.0 Å². The molecular formula is C18H33N5O7. The molecule has 30 heavy (non-hydrogen) atoms. The Bertz CT molecular complexity index is 612. The van der Waals surface area contributed by atoms with Crippen LogP contribution in [0.5, 0.6) is 0 Å². The molecule has 0 rings (SSSR count). The van der Waals surface area contributed by atoms with Gasteiger partial charge in [0.1, 0.15) is 12.1 Å². The van der Waals surface area contributed by atoms with Crippen molar-refractivity contribution in [2.24, 2.45) is 17.4 Å². The highest BCUT2D eigenvalue weighted by molar-refractivity contribution is 5.92. The Kier molecular flexibility index (Phi) is 13.0. The molecule has 12 heteroatoms. The van der Waals surface area contributed by atoms with Gasteiger partial charge in [0.2, 0.25) is 17.7 Å². The van der Waals surface area contributed by atoms with Crippen LogP contribution in [0.15, 0.2) is 0 Å². The molecule has 0 spiro atoms. The number of amides is 3. The van der Waals surface area contributed by atoms with E-state index in [1.54, 1.807) is 13.8 Å². The van der Waals surface area contributed by atoms with E-state index in [9.17, 15) is 24.0 Å². The monoisotopic (exact) mass is 431 g/mol. The van der Waals surface area contributed by atoms with Crippen molar-refractivity contribution in [3.8, 4) is 0 Å². The fraction of sp³-hybridized carbons (Fsp3) is 0.722. The van der Waals surface area contributed by atoms with Gasteiger partial charge in [-0.15, -0.1) is 0 Å². The van der Waals surface area contributed by atoms with Gasteiger partial charge >= 0.3 is 11.9 Å². The van der Waals surface area contributed by atoms with Crippen molar-refractivity contribution < 1.29 is 34.2 Å². The minimum absolute atomic E-state index is 0.0866. The lowest BCUT2D eigenvalue weighted by Crippen LogP contribution is -2.55. The van der Waals surface area contributed by atoms with E-state index in [0.29, 0.717) is 19.4 Å². The zero-order valence-electron chi connectivity index (χ0n) is 17.3. The Hall–Kier alpha value is -2.73. The molecule has 12 nitrogen and oxygen atoms in total. The third-order valence-electron chi connectivity index (χ3n) is 4.26. The number of nitrogens with one attached hydrogen (secondary N) is 3. The summed E-state index contributed by atoms with van der Waals surface area (Å²) in [5.74, 6) is -4.63. The first-order chi connectivity index (χ1) is 14.0. The van der Waals surface area contributed by atoms with Crippen LogP contribution in [0.25, 0.3) is 0 Å². The lowest BCUT2D eigenvalue weighted by Gasteiger charge is -2.23. The van der Waals surface area contributed by atoms with Gasteiger partial charge in [0.25, 0.3) is 0 Å². The molecule has 172 valence electrons. The van der Waals surface area contributed by atoms with Crippen molar-refractivity contribution in [2.45, 2.75) is 64.1 Å². The molecule has 0 fully saturated rings. The molecule has 0 saturated heterocycles. The maximum Gasteiger partial charge on any atom is 0.326 e. The second kappa shape index (κ2) is 14.3. The quantitative estimate of drug-likeness (QED) is 0.144. The predicted molar refractivity (Wildman–Crippen MR) is 107 cm³/mol. The van der Waals surface area contributed by atoms with Crippen molar-refractivity contribution in [3.63, 3.8) is 0 Å². The van der Waals surface area contributed by atoms with E-state index in [4.69, 9.17) is 21.7 Å². The summed E-state index contributed by atoms with van der Waals surface area (Å²) in [6, 6.07) is -3.18. The Morgan fingerprint density at radius 3 is 2.07 bits per heavy atom. The summed E-state index contributed by atoms with van der Waals surface area (Å²) in [5, 5.41) is 24.9. The zero-order chi connectivity index (χ0) is 23.3. The first-order valence-corrected chi connectivity index (χ1v) is 9.77. The number of nitrogens with two attached hydrogens (primary N) is 2. The number of hydrogen-bond acceptors (Lipinski definition) is 7. The first kappa shape index (κ1) is 27.3. The Morgan fingerprint density at radius 1 is 0.933 bits per heavy atom. The lowest BCUT2D eigenvalue weighted by molar-refractivity contribution is -0.142. The molecular weight excluding hydrogens is 398 g/mol. The SMILES string of the molecule is CC(C)[C@H](NC(=O)[C@@H](N)CCC(=O)O)C(=O)NCC(=O)N[C@@H](CCCCN)C(=O)O. The number of carbonyl (C=O) groups is 5. The van der Waals surface area contributed by atoms with Crippen LogP contribution < -0.4 is 27.4 Å². The standard InChI is InChI=1S/C18H33N5O7/c1-10(2)15(23-16(27)11(20)6-7-14(25)26)17(28)21-9-13(24)22-12(18(29)30)5-3-4-8-19/h10-12,15H,3-9,19-20H2,1-2H3,(H,21,28)(H,22,24)(H,23,27)(H,25,26)(H,29,30)/t11-,12-,15-/m0/s1. The second-order valence-electron chi connectivity index (χ2n) is 7.23. The Balaban J connectivity index is 4.69. The largest absolute Gasteiger partial charge is 0.481 e. The molecule has 3 amide bonds. The van der Waals surface area contributed by atoms with Gasteiger partial charge < -0.3 is 37.6 Å². The average Bonchev–Trinajstić information content (AvgIpc) is 2.66. The van der Waals surface area contributed by atoms with Crippen molar-refractivity contribution in [2.75, 3.05) is 13.1 Å². The number of carboxylic acid groups (broad SMARTS) is 2. The molecule has 9 N–H and O–H groups in total. The maximum absolute atomic E-state index is 12.4. The normalized spacial score (nSPS) is 13.8. The smallest absolute Gasteiger partial charge is 0.326 e. The molecule has 0 saturated carbocycles. The molecule has 0 radical (unpaired) electrons. The number of aliphatic carboxylic acids is 2. The van der Waals surface area contributed by atoms with Gasteiger partial charge in [0.05, 0.1) is 12.6 Å². The van der Waals surface area contributed by atoms with Crippen LogP contribution in [-0.2, 0) is 24.0 Å². The summed E-state index contributed by atoms with van der Waals surface area (Å²) in [5.41, 5.74) is 11.0. The fourth-order valence-corrected chi connectivity index (χ4v) is 2.48. The van der Waals surface area contributed by atoms with E-state index in [-0.39, 0.29) is 25.2 Å². The van der Waals surface area contributed by atoms with Gasteiger partial charge in [-0.05, 0) is 38.1 Å². The highest BCUT2D eigenvalue weighted by atomic mass is 16.4. The third-order valence-corrected chi connectivity index (χ3v) is 4.26. The van der Waals surface area contributed by atoms with Crippen LogP contribution in [0, 0.1) is 5.92 Å². The highest BCUT2D eigenvalue weighted by Gasteiger charge is 2.27. The van der Waals surface area contributed by atoms with Crippen molar-refractivity contribution >= 4 is 29.7 Å². The molecule has 0 bridgehead atoms. The van der Waals surface area contributed by atoms with Gasteiger partial charge in [0.15, 0.2) is 0 Å². The van der Waals surface area contributed by atoms with E-state index < -0.39 is 54.3 Å². The maximum atomic E-state index is 12.4. The molecule has 0 aromatic carbocycles. The molecule has 0 aliphatic heterocycles. The van der Waals surface area contributed by atoms with Crippen molar-refractivity contribution in [1.29, 1.82) is 0 Å². The number of rotatable bonds is 15.